The van der Waals surface area contributed by atoms with Crippen molar-refractivity contribution in [1.29, 1.82) is 0 Å². The number of rotatable bonds is 7. The van der Waals surface area contributed by atoms with Crippen molar-refractivity contribution < 1.29 is 13.7 Å². The molecule has 4 rings (SSSR count). The normalized spacial score (nSPS) is 11.6. The third-order valence-corrected chi connectivity index (χ3v) is 5.09. The van der Waals surface area contributed by atoms with E-state index in [9.17, 15) is 4.79 Å². The molecule has 2 aromatic carbocycles. The maximum absolute atomic E-state index is 12.8. The van der Waals surface area contributed by atoms with E-state index in [1.54, 1.807) is 19.2 Å². The van der Waals surface area contributed by atoms with Crippen LogP contribution in [0.3, 0.4) is 0 Å². The van der Waals surface area contributed by atoms with Gasteiger partial charge in [0, 0.05) is 35.4 Å². The fraction of sp³-hybridized carbons (Fsp3) is 0.250. The summed E-state index contributed by atoms with van der Waals surface area (Å²) in [5.74, 6) is 2.39. The van der Waals surface area contributed by atoms with E-state index in [1.807, 2.05) is 62.4 Å². The molecular formula is C24H23N3O3. The number of Topliss-reactive ketones (excluding diaryl/α,β-unsaturated/α-hetero) is 1. The summed E-state index contributed by atoms with van der Waals surface area (Å²) in [5.41, 5.74) is 2.00. The Morgan fingerprint density at radius 3 is 2.53 bits per heavy atom. The average Bonchev–Trinajstić information content (AvgIpc) is 3.43. The lowest BCUT2D eigenvalue weighted by Gasteiger charge is -2.20. The van der Waals surface area contributed by atoms with E-state index in [0.29, 0.717) is 36.0 Å². The van der Waals surface area contributed by atoms with Crippen LogP contribution in [0.2, 0.25) is 0 Å². The van der Waals surface area contributed by atoms with Gasteiger partial charge in [-0.15, -0.1) is 0 Å². The van der Waals surface area contributed by atoms with Crippen LogP contribution in [0.5, 0.6) is 0 Å². The number of carbonyl (C=O) groups excluding carboxylic acids is 1. The van der Waals surface area contributed by atoms with Crippen LogP contribution in [-0.4, -0.2) is 20.9 Å². The van der Waals surface area contributed by atoms with Crippen LogP contribution in [0.15, 0.2) is 69.7 Å². The van der Waals surface area contributed by atoms with Crippen LogP contribution in [0.4, 0.5) is 0 Å². The molecule has 152 valence electrons. The fourth-order valence-electron chi connectivity index (χ4n) is 3.25. The molecule has 0 aliphatic heterocycles. The molecule has 0 unspecified atom stereocenters. The van der Waals surface area contributed by atoms with Crippen molar-refractivity contribution in [2.45, 2.75) is 39.0 Å². The van der Waals surface area contributed by atoms with Gasteiger partial charge in [-0.25, -0.2) is 4.98 Å². The summed E-state index contributed by atoms with van der Waals surface area (Å²) < 4.78 is 11.0. The molecule has 6 heteroatoms. The van der Waals surface area contributed by atoms with Gasteiger partial charge < -0.3 is 8.94 Å². The molecule has 0 aliphatic rings. The number of nitrogens with zero attached hydrogens (tertiary/aromatic N) is 3. The van der Waals surface area contributed by atoms with Gasteiger partial charge in [0.1, 0.15) is 0 Å². The van der Waals surface area contributed by atoms with Gasteiger partial charge in [0.25, 0.3) is 0 Å². The first-order valence-corrected chi connectivity index (χ1v) is 9.88. The van der Waals surface area contributed by atoms with Crippen molar-refractivity contribution in [2.24, 2.45) is 0 Å². The molecule has 0 N–H and O–H groups in total. The predicted octanol–water partition coefficient (Wildman–Crippen LogP) is 5.64. The van der Waals surface area contributed by atoms with Gasteiger partial charge in [-0.05, 0) is 12.5 Å². The maximum atomic E-state index is 12.8. The Hall–Kier alpha value is -3.54. The van der Waals surface area contributed by atoms with Gasteiger partial charge in [0.2, 0.25) is 17.6 Å². The molecule has 0 fully saturated rings. The molecule has 0 saturated carbocycles. The minimum absolute atomic E-state index is 0.0555. The largest absolute Gasteiger partial charge is 0.440 e. The highest BCUT2D eigenvalue weighted by molar-refractivity contribution is 5.97. The molecule has 0 radical (unpaired) electrons. The van der Waals surface area contributed by atoms with Crippen molar-refractivity contribution in [3.8, 4) is 22.7 Å². The van der Waals surface area contributed by atoms with Crippen LogP contribution < -0.4 is 0 Å². The minimum atomic E-state index is -0.370. The van der Waals surface area contributed by atoms with Crippen LogP contribution >= 0.6 is 0 Å². The molecule has 0 spiro atoms. The zero-order valence-corrected chi connectivity index (χ0v) is 17.3. The fourth-order valence-corrected chi connectivity index (χ4v) is 3.25. The summed E-state index contributed by atoms with van der Waals surface area (Å²) >= 11 is 0. The van der Waals surface area contributed by atoms with Crippen LogP contribution in [0.1, 0.15) is 48.8 Å². The van der Waals surface area contributed by atoms with Crippen LogP contribution in [0, 0.1) is 6.92 Å². The third kappa shape index (κ3) is 4.22. The molecule has 4 aromatic rings. The predicted molar refractivity (Wildman–Crippen MR) is 113 cm³/mol. The van der Waals surface area contributed by atoms with Crippen LogP contribution in [0.25, 0.3) is 22.7 Å². The molecular weight excluding hydrogens is 378 g/mol. The van der Waals surface area contributed by atoms with Gasteiger partial charge in [0.15, 0.2) is 11.5 Å². The molecule has 0 bridgehead atoms. The SMILES string of the molecule is Cc1nc(-c2cccc(C(=O)CCC(C)(C)c3ncc(-c4ccccc4)o3)c2)no1. The topological polar surface area (TPSA) is 82.0 Å². The first-order chi connectivity index (χ1) is 14.4. The van der Waals surface area contributed by atoms with Gasteiger partial charge >= 0.3 is 0 Å². The molecule has 2 heterocycles. The number of benzene rings is 2. The Morgan fingerprint density at radius 2 is 1.80 bits per heavy atom. The van der Waals surface area contributed by atoms with E-state index in [0.717, 1.165) is 16.9 Å². The molecule has 0 aliphatic carbocycles. The van der Waals surface area contributed by atoms with Crippen molar-refractivity contribution in [1.82, 2.24) is 15.1 Å². The van der Waals surface area contributed by atoms with Gasteiger partial charge in [-0.2, -0.15) is 4.98 Å². The Bertz CT molecular complexity index is 1160. The number of aryl methyl sites for hydroxylation is 1. The summed E-state index contributed by atoms with van der Waals surface area (Å²) in [6.45, 7) is 5.82. The number of hydrogen-bond donors (Lipinski definition) is 0. The summed E-state index contributed by atoms with van der Waals surface area (Å²) in [4.78, 5) is 21.5. The zero-order chi connectivity index (χ0) is 21.1. The summed E-state index contributed by atoms with van der Waals surface area (Å²) in [7, 11) is 0. The summed E-state index contributed by atoms with van der Waals surface area (Å²) in [6, 6.07) is 17.2. The molecule has 0 atom stereocenters. The number of aromatic nitrogens is 3. The van der Waals surface area contributed by atoms with E-state index < -0.39 is 0 Å². The lowest BCUT2D eigenvalue weighted by atomic mass is 9.86. The highest BCUT2D eigenvalue weighted by Crippen LogP contribution is 2.31. The molecule has 0 saturated heterocycles. The average molecular weight is 401 g/mol. The quantitative estimate of drug-likeness (QED) is 0.373. The van der Waals surface area contributed by atoms with E-state index >= 15 is 0 Å². The Morgan fingerprint density at radius 1 is 1.03 bits per heavy atom. The summed E-state index contributed by atoms with van der Waals surface area (Å²) in [6.07, 6.45) is 2.74. The third-order valence-electron chi connectivity index (χ3n) is 5.09. The Balaban J connectivity index is 1.45. The second kappa shape index (κ2) is 8.06. The van der Waals surface area contributed by atoms with E-state index in [4.69, 9.17) is 8.94 Å². The highest BCUT2D eigenvalue weighted by Gasteiger charge is 2.27. The first kappa shape index (κ1) is 19.8. The zero-order valence-electron chi connectivity index (χ0n) is 17.3. The molecule has 0 amide bonds. The van der Waals surface area contributed by atoms with E-state index in [1.165, 1.54) is 0 Å². The molecule has 6 nitrogen and oxygen atoms in total. The standard InChI is InChI=1S/C24H23N3O3/c1-16-26-22(27-30-16)19-11-7-10-18(14-19)20(28)12-13-24(2,3)23-25-15-21(29-23)17-8-5-4-6-9-17/h4-11,14-15H,12-13H2,1-3H3. The van der Waals surface area contributed by atoms with E-state index in [-0.39, 0.29) is 11.2 Å². The van der Waals surface area contributed by atoms with Gasteiger partial charge in [-0.3, -0.25) is 4.79 Å². The van der Waals surface area contributed by atoms with E-state index in [2.05, 4.69) is 15.1 Å². The first-order valence-electron chi connectivity index (χ1n) is 9.88. The summed E-state index contributed by atoms with van der Waals surface area (Å²) in [5, 5.41) is 3.92. The number of oxazole rings is 1. The number of ketones is 1. The Kier molecular flexibility index (Phi) is 5.31. The maximum Gasteiger partial charge on any atom is 0.223 e. The highest BCUT2D eigenvalue weighted by atomic mass is 16.5. The smallest absolute Gasteiger partial charge is 0.223 e. The van der Waals surface area contributed by atoms with Crippen LogP contribution in [-0.2, 0) is 5.41 Å². The van der Waals surface area contributed by atoms with Crippen molar-refractivity contribution >= 4 is 5.78 Å². The molecule has 2 aromatic heterocycles. The van der Waals surface area contributed by atoms with Crippen molar-refractivity contribution in [3.05, 3.63) is 78.1 Å². The monoisotopic (exact) mass is 401 g/mol. The van der Waals surface area contributed by atoms with Gasteiger partial charge in [-0.1, -0.05) is 67.5 Å². The lowest BCUT2D eigenvalue weighted by Crippen LogP contribution is -2.19. The second-order valence-electron chi connectivity index (χ2n) is 7.92. The lowest BCUT2D eigenvalue weighted by molar-refractivity contribution is 0.0970. The van der Waals surface area contributed by atoms with Gasteiger partial charge in [0.05, 0.1) is 6.20 Å². The molecule has 30 heavy (non-hydrogen) atoms. The number of carbonyl (C=O) groups is 1. The minimum Gasteiger partial charge on any atom is -0.440 e. The second-order valence-corrected chi connectivity index (χ2v) is 7.92. The number of hydrogen-bond acceptors (Lipinski definition) is 6. The Labute approximate surface area is 175 Å². The van der Waals surface area contributed by atoms with Crippen molar-refractivity contribution in [3.63, 3.8) is 0 Å². The van der Waals surface area contributed by atoms with Crippen molar-refractivity contribution in [2.75, 3.05) is 0 Å².